The van der Waals surface area contributed by atoms with E-state index in [1.54, 1.807) is 21.0 Å². The molecule has 0 fully saturated rings. The molecule has 0 amide bonds. The molecule has 0 saturated carbocycles. The Morgan fingerprint density at radius 3 is 1.25 bits per heavy atom. The molecule has 0 aromatic carbocycles. The summed E-state index contributed by atoms with van der Waals surface area (Å²) in [5, 5.41) is 0. The van der Waals surface area contributed by atoms with Crippen molar-refractivity contribution in [1.29, 1.82) is 0 Å². The van der Waals surface area contributed by atoms with Crippen LogP contribution < -0.4 is 29.6 Å². The van der Waals surface area contributed by atoms with Crippen molar-refractivity contribution in [3.63, 3.8) is 0 Å². The fraction of sp³-hybridized carbons (Fsp3) is 0. The molecule has 4 heavy (non-hydrogen) atoms. The predicted molar refractivity (Wildman–Crippen MR) is 2.62 cm³/mol. The zero-order valence-corrected chi connectivity index (χ0v) is 5.64. The van der Waals surface area contributed by atoms with Crippen LogP contribution in [-0.4, -0.2) is 5.48 Å². The van der Waals surface area contributed by atoms with E-state index in [4.69, 9.17) is 3.25 Å². The van der Waals surface area contributed by atoms with Gasteiger partial charge in [-0.2, -0.15) is 0 Å². The Balaban J connectivity index is -0.00000000500. The zero-order valence-electron chi connectivity index (χ0n) is 2.16. The van der Waals surface area contributed by atoms with Crippen LogP contribution in [0.5, 0.6) is 0 Å². The van der Waals surface area contributed by atoms with Crippen LogP contribution in [0, 0.1) is 0 Å². The molecule has 0 radical (unpaired) electrons. The van der Waals surface area contributed by atoms with Crippen molar-refractivity contribution in [1.82, 2.24) is 0 Å². The van der Waals surface area contributed by atoms with Crippen molar-refractivity contribution < 1.29 is 59.3 Å². The Kier molecular flexibility index (Phi) is 109. The second-order valence-corrected chi connectivity index (χ2v) is 0. The average molecular weight is 164 g/mol. The van der Waals surface area contributed by atoms with Crippen molar-refractivity contribution in [3.8, 4) is 0 Å². The van der Waals surface area contributed by atoms with Gasteiger partial charge in [0.1, 0.15) is 0 Å². The summed E-state index contributed by atoms with van der Waals surface area (Å²) in [6.45, 7) is 0. The summed E-state index contributed by atoms with van der Waals surface area (Å²) in [5.41, 5.74) is 0. The average Bonchev–Trinajstić information content (AvgIpc) is 1.00. The summed E-state index contributed by atoms with van der Waals surface area (Å²) in [6, 6.07) is 0. The van der Waals surface area contributed by atoms with Gasteiger partial charge < -0.3 is 5.48 Å². The molecule has 0 atom stereocenters. The molecule has 0 aliphatic heterocycles. The first-order chi connectivity index (χ1) is 1.00. The molecule has 0 saturated heterocycles. The fourth-order valence-corrected chi connectivity index (χ4v) is 0. The van der Waals surface area contributed by atoms with Crippen molar-refractivity contribution in [2.24, 2.45) is 0 Å². The predicted octanol–water partition coefficient (Wildman–Crippen LogP) is -3.29. The Labute approximate surface area is 58.8 Å². The van der Waals surface area contributed by atoms with Gasteiger partial charge in [-0.25, -0.2) is 0 Å². The van der Waals surface area contributed by atoms with Gasteiger partial charge in [-0.1, -0.05) is 0 Å². The molecular weight excluding hydrogens is 163 g/mol. The Morgan fingerprint density at radius 2 is 1.25 bits per heavy atom. The van der Waals surface area contributed by atoms with Gasteiger partial charge in [0.25, 0.3) is 0 Å². The number of rotatable bonds is 0. The Morgan fingerprint density at radius 1 is 1.25 bits per heavy atom. The quantitative estimate of drug-likeness (QED) is 0.352. The zero-order chi connectivity index (χ0) is 2.00. The van der Waals surface area contributed by atoms with Gasteiger partial charge in [-0.3, -0.25) is 0 Å². The van der Waals surface area contributed by atoms with Gasteiger partial charge in [0.15, 0.2) is 0 Å². The first-order valence-electron chi connectivity index (χ1n) is 0.123. The second-order valence-electron chi connectivity index (χ2n) is 0. The van der Waals surface area contributed by atoms with Crippen LogP contribution in [0.3, 0.4) is 0 Å². The summed E-state index contributed by atoms with van der Waals surface area (Å²) in [4.78, 5) is 0. The Bertz CT molecular complexity index is 6.00. The molecule has 0 heterocycles. The maximum absolute atomic E-state index is 8.06. The summed E-state index contributed by atoms with van der Waals surface area (Å²) >= 11 is 1.70. The van der Waals surface area contributed by atoms with Crippen LogP contribution in [-0.2, 0) is 24.3 Å². The van der Waals surface area contributed by atoms with E-state index < -0.39 is 0 Å². The third kappa shape index (κ3) is 9.72. The summed E-state index contributed by atoms with van der Waals surface area (Å²) < 4.78 is 8.06. The van der Waals surface area contributed by atoms with Crippen LogP contribution in [0.15, 0.2) is 0 Å². The molecule has 0 bridgehead atoms. The van der Waals surface area contributed by atoms with E-state index >= 15 is 0 Å². The minimum atomic E-state index is 0. The molecule has 0 rings (SSSR count). The molecule has 0 spiro atoms. The van der Waals surface area contributed by atoms with Gasteiger partial charge in [-0.15, -0.1) is 0 Å². The normalized spacial score (nSPS) is 1.50. The molecule has 4 heteroatoms. The third-order valence-electron chi connectivity index (χ3n) is 0. The summed E-state index contributed by atoms with van der Waals surface area (Å²) in [7, 11) is 0. The van der Waals surface area contributed by atoms with Crippen LogP contribution in [0.2, 0.25) is 0 Å². The number of hydrogen-bond donors (Lipinski definition) is 0. The third-order valence-corrected chi connectivity index (χ3v) is 0. The van der Waals surface area contributed by atoms with Gasteiger partial charge in [0.2, 0.25) is 0 Å². The minimum absolute atomic E-state index is 0. The molecule has 0 aliphatic rings. The maximum atomic E-state index is 8.06. The standard InChI is InChI=1S/Ag.Na.H2O.O/h;;1H2;/q;+1;;/p-1. The van der Waals surface area contributed by atoms with Crippen molar-refractivity contribution in [2.75, 3.05) is 0 Å². The van der Waals surface area contributed by atoms with E-state index in [1.807, 2.05) is 0 Å². The topological polar surface area (TPSA) is 47.1 Å². The van der Waals surface area contributed by atoms with Gasteiger partial charge in [0, 0.05) is 0 Å². The van der Waals surface area contributed by atoms with E-state index in [0.29, 0.717) is 0 Å². The first-order valence-corrected chi connectivity index (χ1v) is 0.728. The van der Waals surface area contributed by atoms with E-state index in [0.717, 1.165) is 0 Å². The van der Waals surface area contributed by atoms with Crippen molar-refractivity contribution in [3.05, 3.63) is 0 Å². The second kappa shape index (κ2) is 24.5. The molecule has 0 aliphatic carbocycles. The van der Waals surface area contributed by atoms with Crippen LogP contribution in [0.25, 0.3) is 0 Å². The summed E-state index contributed by atoms with van der Waals surface area (Å²) in [6.07, 6.45) is 0. The Hall–Kier alpha value is 1.50. The SMILES string of the molecule is [Na+].[OH-].[O]=[Ag]. The molecule has 0 unspecified atom stereocenters. The van der Waals surface area contributed by atoms with E-state index in [9.17, 15) is 0 Å². The van der Waals surface area contributed by atoms with Crippen LogP contribution >= 0.6 is 0 Å². The molecular formula is HAgNaO2. The monoisotopic (exact) mass is 163 g/mol. The van der Waals surface area contributed by atoms with Crippen LogP contribution in [0.1, 0.15) is 0 Å². The van der Waals surface area contributed by atoms with E-state index in [1.165, 1.54) is 0 Å². The van der Waals surface area contributed by atoms with Gasteiger partial charge in [-0.05, 0) is 0 Å². The fourth-order valence-electron chi connectivity index (χ4n) is 0. The molecule has 2 nitrogen and oxygen atoms in total. The molecule has 0 aromatic rings. The van der Waals surface area contributed by atoms with Crippen molar-refractivity contribution >= 4 is 0 Å². The summed E-state index contributed by atoms with van der Waals surface area (Å²) in [5.74, 6) is 0. The van der Waals surface area contributed by atoms with Gasteiger partial charge in [0.05, 0.1) is 0 Å². The van der Waals surface area contributed by atoms with E-state index in [-0.39, 0.29) is 35.0 Å². The van der Waals surface area contributed by atoms with Crippen LogP contribution in [0.4, 0.5) is 0 Å². The van der Waals surface area contributed by atoms with Gasteiger partial charge >= 0.3 is 53.8 Å². The molecule has 25 valence electrons. The van der Waals surface area contributed by atoms with Crippen molar-refractivity contribution in [2.45, 2.75) is 0 Å². The molecule has 0 aromatic heterocycles. The number of hydrogen-bond acceptors (Lipinski definition) is 2. The molecule has 1 N–H and O–H groups in total. The first kappa shape index (κ1) is 17.8. The van der Waals surface area contributed by atoms with E-state index in [2.05, 4.69) is 0 Å².